The van der Waals surface area contributed by atoms with Gasteiger partial charge in [-0.1, -0.05) is 65.7 Å². The van der Waals surface area contributed by atoms with Gasteiger partial charge in [0.1, 0.15) is 5.75 Å². The van der Waals surface area contributed by atoms with E-state index in [0.717, 1.165) is 4.90 Å². The van der Waals surface area contributed by atoms with Crippen LogP contribution in [0, 0.1) is 0 Å². The molecule has 9 heteroatoms. The molecule has 3 aromatic carbocycles. The molecule has 2 N–H and O–H groups in total. The second-order valence-corrected chi connectivity index (χ2v) is 8.25. The van der Waals surface area contributed by atoms with Crippen molar-refractivity contribution in [1.29, 1.82) is 0 Å². The zero-order chi connectivity index (χ0) is 24.4. The highest BCUT2D eigenvalue weighted by Crippen LogP contribution is 2.45. The lowest BCUT2D eigenvalue weighted by molar-refractivity contribution is -0.139. The highest BCUT2D eigenvalue weighted by atomic mass is 35.5. The lowest BCUT2D eigenvalue weighted by Gasteiger charge is -2.28. The van der Waals surface area contributed by atoms with Crippen molar-refractivity contribution < 1.29 is 29.3 Å². The third-order valence-electron chi connectivity index (χ3n) is 5.21. The van der Waals surface area contributed by atoms with Gasteiger partial charge in [0.15, 0.2) is 18.1 Å². The Morgan fingerprint density at radius 1 is 0.941 bits per heavy atom. The maximum Gasteiger partial charge on any atom is 0.341 e. The fourth-order valence-corrected chi connectivity index (χ4v) is 4.02. The number of anilines is 1. The van der Waals surface area contributed by atoms with Gasteiger partial charge in [0.05, 0.1) is 17.3 Å². The molecule has 1 aliphatic heterocycles. The Bertz CT molecular complexity index is 1300. The zero-order valence-electron chi connectivity index (χ0n) is 17.4. The molecule has 0 aliphatic carbocycles. The monoisotopic (exact) mass is 497 g/mol. The number of rotatable bonds is 7. The van der Waals surface area contributed by atoms with Crippen LogP contribution in [0.1, 0.15) is 22.0 Å². The number of aliphatic carboxylic acids is 1. The van der Waals surface area contributed by atoms with E-state index in [4.69, 9.17) is 33.0 Å². The number of carbonyl (C=O) groups is 3. The van der Waals surface area contributed by atoms with Crippen LogP contribution in [0.5, 0.6) is 5.75 Å². The standard InChI is InChI=1S/C25H17Cl2NO6/c26-16-8-6-14(7-9-16)22-21(23(31)15-4-2-1-3-5-15)24(32)25(33)28(22)18-12-17(27)10-11-19(18)34-13-20(29)30/h1-12,22,32H,13H2,(H,29,30). The summed E-state index contributed by atoms with van der Waals surface area (Å²) in [5, 5.41) is 20.6. The van der Waals surface area contributed by atoms with E-state index >= 15 is 0 Å². The number of nitrogens with zero attached hydrogens (tertiary/aromatic N) is 1. The summed E-state index contributed by atoms with van der Waals surface area (Å²) in [4.78, 5) is 39.0. The van der Waals surface area contributed by atoms with E-state index in [9.17, 15) is 19.5 Å². The van der Waals surface area contributed by atoms with Crippen LogP contribution in [-0.2, 0) is 9.59 Å². The predicted octanol–water partition coefficient (Wildman–Crippen LogP) is 5.24. The molecule has 0 saturated carbocycles. The summed E-state index contributed by atoms with van der Waals surface area (Å²) in [6.45, 7) is -0.669. The number of aliphatic hydroxyl groups excluding tert-OH is 1. The van der Waals surface area contributed by atoms with E-state index in [1.807, 2.05) is 0 Å². The average Bonchev–Trinajstić information content (AvgIpc) is 3.09. The van der Waals surface area contributed by atoms with Crippen LogP contribution in [0.25, 0.3) is 0 Å². The minimum Gasteiger partial charge on any atom is -0.503 e. The summed E-state index contributed by atoms with van der Waals surface area (Å²) in [6.07, 6.45) is 0. The van der Waals surface area contributed by atoms with Crippen LogP contribution in [0.15, 0.2) is 84.1 Å². The molecule has 7 nitrogen and oxygen atoms in total. The van der Waals surface area contributed by atoms with E-state index in [2.05, 4.69) is 0 Å². The van der Waals surface area contributed by atoms with Gasteiger partial charge in [-0.25, -0.2) is 4.79 Å². The van der Waals surface area contributed by atoms with Crippen molar-refractivity contribution in [2.75, 3.05) is 11.5 Å². The van der Waals surface area contributed by atoms with E-state index in [0.29, 0.717) is 10.6 Å². The maximum atomic E-state index is 13.4. The van der Waals surface area contributed by atoms with Gasteiger partial charge in [0.2, 0.25) is 0 Å². The number of carbonyl (C=O) groups excluding carboxylic acids is 2. The number of hydrogen-bond donors (Lipinski definition) is 2. The van der Waals surface area contributed by atoms with Gasteiger partial charge in [0, 0.05) is 15.6 Å². The Morgan fingerprint density at radius 3 is 2.24 bits per heavy atom. The molecule has 1 amide bonds. The number of benzene rings is 3. The first kappa shape index (κ1) is 23.4. The number of halogens is 2. The third-order valence-corrected chi connectivity index (χ3v) is 5.69. The zero-order valence-corrected chi connectivity index (χ0v) is 19.0. The van der Waals surface area contributed by atoms with Crippen molar-refractivity contribution in [2.45, 2.75) is 6.04 Å². The Balaban J connectivity index is 1.89. The summed E-state index contributed by atoms with van der Waals surface area (Å²) in [6, 6.07) is 17.9. The fraction of sp³-hybridized carbons (Fsp3) is 0.0800. The minimum atomic E-state index is -1.22. The minimum absolute atomic E-state index is 0.0420. The normalized spacial score (nSPS) is 15.5. The topological polar surface area (TPSA) is 104 Å². The molecule has 172 valence electrons. The SMILES string of the molecule is O=C(O)COc1ccc(Cl)cc1N1C(=O)C(O)=C(C(=O)c2ccccc2)C1c1ccc(Cl)cc1. The van der Waals surface area contributed by atoms with Crippen LogP contribution < -0.4 is 9.64 Å². The summed E-state index contributed by atoms with van der Waals surface area (Å²) < 4.78 is 5.37. The molecule has 1 atom stereocenters. The molecule has 0 radical (unpaired) electrons. The number of amides is 1. The van der Waals surface area contributed by atoms with Crippen molar-refractivity contribution >= 4 is 46.5 Å². The summed E-state index contributed by atoms with van der Waals surface area (Å²) in [5.74, 6) is -3.30. The van der Waals surface area contributed by atoms with Crippen LogP contribution in [-0.4, -0.2) is 34.5 Å². The van der Waals surface area contributed by atoms with Crippen LogP contribution in [0.4, 0.5) is 5.69 Å². The van der Waals surface area contributed by atoms with Crippen molar-refractivity contribution in [3.8, 4) is 5.75 Å². The molecule has 1 unspecified atom stereocenters. The lowest BCUT2D eigenvalue weighted by Crippen LogP contribution is -2.31. The predicted molar refractivity (Wildman–Crippen MR) is 127 cm³/mol. The number of aliphatic hydroxyl groups is 1. The third kappa shape index (κ3) is 4.48. The molecule has 1 aliphatic rings. The second kappa shape index (κ2) is 9.59. The first-order valence-electron chi connectivity index (χ1n) is 10.0. The van der Waals surface area contributed by atoms with Crippen molar-refractivity contribution in [1.82, 2.24) is 0 Å². The number of carboxylic acids is 1. The maximum absolute atomic E-state index is 13.4. The van der Waals surface area contributed by atoms with Gasteiger partial charge in [-0.3, -0.25) is 14.5 Å². The van der Waals surface area contributed by atoms with Crippen molar-refractivity contribution in [3.05, 3.63) is 105 Å². The molecule has 0 fully saturated rings. The molecular weight excluding hydrogens is 481 g/mol. The number of ketones is 1. The van der Waals surface area contributed by atoms with E-state index in [-0.39, 0.29) is 27.6 Å². The summed E-state index contributed by atoms with van der Waals surface area (Å²) in [7, 11) is 0. The molecular formula is C25H17Cl2NO6. The molecule has 0 bridgehead atoms. The van der Waals surface area contributed by atoms with Gasteiger partial charge in [-0.15, -0.1) is 0 Å². The smallest absolute Gasteiger partial charge is 0.341 e. The van der Waals surface area contributed by atoms with Crippen LogP contribution in [0.2, 0.25) is 10.0 Å². The van der Waals surface area contributed by atoms with Crippen LogP contribution >= 0.6 is 23.2 Å². The number of ether oxygens (including phenoxy) is 1. The van der Waals surface area contributed by atoms with Gasteiger partial charge in [-0.2, -0.15) is 0 Å². The van der Waals surface area contributed by atoms with Gasteiger partial charge >= 0.3 is 5.97 Å². The Kier molecular flexibility index (Phi) is 6.58. The molecule has 0 spiro atoms. The Labute approximate surface area is 204 Å². The first-order chi connectivity index (χ1) is 16.3. The Hall–Kier alpha value is -3.81. The Morgan fingerprint density at radius 2 is 1.59 bits per heavy atom. The second-order valence-electron chi connectivity index (χ2n) is 7.38. The lowest BCUT2D eigenvalue weighted by atomic mass is 9.92. The van der Waals surface area contributed by atoms with E-state index in [1.54, 1.807) is 54.6 Å². The number of Topliss-reactive ketones (excluding diaryl/α,β-unsaturated/α-hetero) is 1. The highest BCUT2D eigenvalue weighted by Gasteiger charge is 2.45. The van der Waals surface area contributed by atoms with Crippen molar-refractivity contribution in [3.63, 3.8) is 0 Å². The van der Waals surface area contributed by atoms with E-state index < -0.39 is 36.1 Å². The average molecular weight is 498 g/mol. The molecule has 0 aromatic heterocycles. The number of hydrogen-bond acceptors (Lipinski definition) is 5. The van der Waals surface area contributed by atoms with Crippen molar-refractivity contribution in [2.24, 2.45) is 0 Å². The van der Waals surface area contributed by atoms with Gasteiger partial charge < -0.3 is 14.9 Å². The van der Waals surface area contributed by atoms with Gasteiger partial charge in [0.25, 0.3) is 5.91 Å². The number of carboxylic acid groups (broad SMARTS) is 1. The molecule has 1 heterocycles. The molecule has 0 saturated heterocycles. The quantitative estimate of drug-likeness (QED) is 0.432. The summed E-state index contributed by atoms with van der Waals surface area (Å²) in [5.41, 5.74) is 0.736. The van der Waals surface area contributed by atoms with E-state index in [1.165, 1.54) is 18.2 Å². The fourth-order valence-electron chi connectivity index (χ4n) is 3.73. The summed E-state index contributed by atoms with van der Waals surface area (Å²) >= 11 is 12.2. The molecule has 34 heavy (non-hydrogen) atoms. The van der Waals surface area contributed by atoms with Crippen LogP contribution in [0.3, 0.4) is 0 Å². The highest BCUT2D eigenvalue weighted by molar-refractivity contribution is 6.31. The molecule has 3 aromatic rings. The van der Waals surface area contributed by atoms with Gasteiger partial charge in [-0.05, 0) is 35.9 Å². The largest absolute Gasteiger partial charge is 0.503 e. The first-order valence-corrected chi connectivity index (χ1v) is 10.8. The molecule has 4 rings (SSSR count).